The number of nitrogens with zero attached hydrogens (tertiary/aromatic N) is 1. The van der Waals surface area contributed by atoms with E-state index in [-0.39, 0.29) is 17.9 Å². The van der Waals surface area contributed by atoms with Gasteiger partial charge in [0.25, 0.3) is 0 Å². The summed E-state index contributed by atoms with van der Waals surface area (Å²) in [6.07, 6.45) is 6.93. The quantitative estimate of drug-likeness (QED) is 0.824. The van der Waals surface area contributed by atoms with Gasteiger partial charge in [-0.2, -0.15) is 0 Å². The Kier molecular flexibility index (Phi) is 2.83. The highest BCUT2D eigenvalue weighted by atomic mass is 16.2. The monoisotopic (exact) mass is 250 g/mol. The van der Waals surface area contributed by atoms with Gasteiger partial charge < -0.3 is 10.2 Å². The van der Waals surface area contributed by atoms with Crippen molar-refractivity contribution in [1.29, 1.82) is 0 Å². The van der Waals surface area contributed by atoms with Crippen molar-refractivity contribution in [3.05, 3.63) is 0 Å². The smallest absolute Gasteiger partial charge is 0.249 e. The largest absolute Gasteiger partial charge is 0.340 e. The fourth-order valence-electron chi connectivity index (χ4n) is 3.44. The Labute approximate surface area is 108 Å². The number of rotatable bonds is 3. The lowest BCUT2D eigenvalue weighted by molar-refractivity contribution is -0.155. The SMILES string of the molecule is CCC1C(=O)NC2(CCCC2)C(=O)N1CC1CC1. The number of carbonyl (C=O) groups excluding carboxylic acids is 2. The molecule has 4 heteroatoms. The standard InChI is InChI=1S/C14H22N2O2/c1-2-11-12(17)15-14(7-3-4-8-14)13(18)16(11)9-10-5-6-10/h10-11H,2-9H2,1H3,(H,15,17). The average molecular weight is 250 g/mol. The summed E-state index contributed by atoms with van der Waals surface area (Å²) in [6, 6.07) is -0.232. The Morgan fingerprint density at radius 2 is 1.94 bits per heavy atom. The van der Waals surface area contributed by atoms with Crippen molar-refractivity contribution in [1.82, 2.24) is 10.2 Å². The summed E-state index contributed by atoms with van der Waals surface area (Å²) >= 11 is 0. The van der Waals surface area contributed by atoms with Crippen LogP contribution in [0.25, 0.3) is 0 Å². The third-order valence-corrected chi connectivity index (χ3v) is 4.71. The minimum atomic E-state index is -0.544. The zero-order valence-electron chi connectivity index (χ0n) is 11.1. The van der Waals surface area contributed by atoms with Crippen LogP contribution in [0, 0.1) is 5.92 Å². The van der Waals surface area contributed by atoms with Gasteiger partial charge in [0, 0.05) is 6.54 Å². The number of hydrogen-bond acceptors (Lipinski definition) is 2. The van der Waals surface area contributed by atoms with E-state index in [4.69, 9.17) is 0 Å². The van der Waals surface area contributed by atoms with Gasteiger partial charge in [0.2, 0.25) is 11.8 Å². The summed E-state index contributed by atoms with van der Waals surface area (Å²) in [5.74, 6) is 0.908. The van der Waals surface area contributed by atoms with Crippen LogP contribution >= 0.6 is 0 Å². The van der Waals surface area contributed by atoms with E-state index in [0.29, 0.717) is 5.92 Å². The molecule has 1 aliphatic heterocycles. The maximum Gasteiger partial charge on any atom is 0.249 e. The topological polar surface area (TPSA) is 49.4 Å². The molecule has 0 aromatic carbocycles. The molecule has 4 nitrogen and oxygen atoms in total. The average Bonchev–Trinajstić information content (AvgIpc) is 3.05. The molecule has 0 aromatic rings. The highest BCUT2D eigenvalue weighted by Gasteiger charge is 2.52. The second kappa shape index (κ2) is 4.25. The van der Waals surface area contributed by atoms with Crippen LogP contribution in [0.5, 0.6) is 0 Å². The summed E-state index contributed by atoms with van der Waals surface area (Å²) in [4.78, 5) is 26.9. The minimum absolute atomic E-state index is 0.0691. The zero-order chi connectivity index (χ0) is 12.8. The number of carbonyl (C=O) groups is 2. The second-order valence-corrected chi connectivity index (χ2v) is 6.10. The molecule has 0 radical (unpaired) electrons. The Bertz CT molecular complexity index is 370. The van der Waals surface area contributed by atoms with Crippen molar-refractivity contribution in [2.45, 2.75) is 63.5 Å². The van der Waals surface area contributed by atoms with Gasteiger partial charge in [-0.25, -0.2) is 0 Å². The van der Waals surface area contributed by atoms with Gasteiger partial charge in [-0.05, 0) is 38.0 Å². The van der Waals surface area contributed by atoms with Crippen molar-refractivity contribution >= 4 is 11.8 Å². The first-order valence-electron chi connectivity index (χ1n) is 7.29. The molecular formula is C14H22N2O2. The van der Waals surface area contributed by atoms with Crippen molar-refractivity contribution in [2.24, 2.45) is 5.92 Å². The fraction of sp³-hybridized carbons (Fsp3) is 0.857. The zero-order valence-corrected chi connectivity index (χ0v) is 11.1. The van der Waals surface area contributed by atoms with Crippen molar-refractivity contribution in [3.63, 3.8) is 0 Å². The second-order valence-electron chi connectivity index (χ2n) is 6.10. The Morgan fingerprint density at radius 3 is 2.50 bits per heavy atom. The van der Waals surface area contributed by atoms with Crippen LogP contribution in [-0.4, -0.2) is 34.8 Å². The molecule has 3 fully saturated rings. The van der Waals surface area contributed by atoms with Crippen LogP contribution in [0.1, 0.15) is 51.9 Å². The van der Waals surface area contributed by atoms with E-state index in [0.717, 1.165) is 38.6 Å². The molecule has 100 valence electrons. The highest BCUT2D eigenvalue weighted by Crippen LogP contribution is 2.37. The van der Waals surface area contributed by atoms with E-state index < -0.39 is 5.54 Å². The fourth-order valence-corrected chi connectivity index (χ4v) is 3.44. The van der Waals surface area contributed by atoms with Crippen LogP contribution in [0.15, 0.2) is 0 Å². The first-order valence-corrected chi connectivity index (χ1v) is 7.29. The Morgan fingerprint density at radius 1 is 1.28 bits per heavy atom. The van der Waals surface area contributed by atoms with Crippen LogP contribution in [0.3, 0.4) is 0 Å². The molecule has 2 saturated carbocycles. The summed E-state index contributed by atoms with van der Waals surface area (Å²) < 4.78 is 0. The van der Waals surface area contributed by atoms with Gasteiger partial charge >= 0.3 is 0 Å². The van der Waals surface area contributed by atoms with Crippen molar-refractivity contribution in [2.75, 3.05) is 6.54 Å². The predicted octanol–water partition coefficient (Wildman–Crippen LogP) is 1.45. The summed E-state index contributed by atoms with van der Waals surface area (Å²) in [6.45, 7) is 2.79. The minimum Gasteiger partial charge on any atom is -0.340 e. The predicted molar refractivity (Wildman–Crippen MR) is 67.9 cm³/mol. The van der Waals surface area contributed by atoms with Crippen LogP contribution in [0.4, 0.5) is 0 Å². The summed E-state index contributed by atoms with van der Waals surface area (Å²) in [7, 11) is 0. The lowest BCUT2D eigenvalue weighted by atomic mass is 9.90. The molecule has 2 amide bonds. The summed E-state index contributed by atoms with van der Waals surface area (Å²) in [5, 5.41) is 3.04. The van der Waals surface area contributed by atoms with Crippen molar-refractivity contribution in [3.8, 4) is 0 Å². The number of nitrogens with one attached hydrogen (secondary N) is 1. The molecule has 1 atom stereocenters. The Hall–Kier alpha value is -1.06. The normalized spacial score (nSPS) is 30.9. The molecule has 1 N–H and O–H groups in total. The number of piperazine rings is 1. The summed E-state index contributed by atoms with van der Waals surface area (Å²) in [5.41, 5.74) is -0.544. The maximum atomic E-state index is 12.7. The molecular weight excluding hydrogens is 228 g/mol. The van der Waals surface area contributed by atoms with Crippen LogP contribution in [0.2, 0.25) is 0 Å². The molecule has 1 heterocycles. The molecule has 18 heavy (non-hydrogen) atoms. The lowest BCUT2D eigenvalue weighted by Crippen LogP contribution is -2.69. The van der Waals surface area contributed by atoms with Gasteiger partial charge in [-0.3, -0.25) is 9.59 Å². The third-order valence-electron chi connectivity index (χ3n) is 4.71. The first kappa shape index (κ1) is 12.0. The van der Waals surface area contributed by atoms with E-state index in [1.54, 1.807) is 0 Å². The molecule has 1 spiro atoms. The van der Waals surface area contributed by atoms with Crippen LogP contribution < -0.4 is 5.32 Å². The van der Waals surface area contributed by atoms with E-state index >= 15 is 0 Å². The molecule has 0 bridgehead atoms. The molecule has 0 aromatic heterocycles. The number of amides is 2. The van der Waals surface area contributed by atoms with Gasteiger partial charge in [-0.15, -0.1) is 0 Å². The van der Waals surface area contributed by atoms with Gasteiger partial charge in [-0.1, -0.05) is 19.8 Å². The molecule has 1 saturated heterocycles. The van der Waals surface area contributed by atoms with Crippen molar-refractivity contribution < 1.29 is 9.59 Å². The first-order chi connectivity index (χ1) is 8.66. The van der Waals surface area contributed by atoms with E-state index in [2.05, 4.69) is 5.32 Å². The van der Waals surface area contributed by atoms with E-state index in [9.17, 15) is 9.59 Å². The molecule has 3 aliphatic rings. The third kappa shape index (κ3) is 1.82. The molecule has 2 aliphatic carbocycles. The van der Waals surface area contributed by atoms with E-state index in [1.807, 2.05) is 11.8 Å². The van der Waals surface area contributed by atoms with Crippen LogP contribution in [-0.2, 0) is 9.59 Å². The van der Waals surface area contributed by atoms with E-state index in [1.165, 1.54) is 12.8 Å². The Balaban J connectivity index is 1.85. The van der Waals surface area contributed by atoms with Gasteiger partial charge in [0.05, 0.1) is 0 Å². The maximum absolute atomic E-state index is 12.7. The molecule has 3 rings (SSSR count). The van der Waals surface area contributed by atoms with Gasteiger partial charge in [0.1, 0.15) is 11.6 Å². The lowest BCUT2D eigenvalue weighted by Gasteiger charge is -2.44. The number of hydrogen-bond donors (Lipinski definition) is 1. The van der Waals surface area contributed by atoms with Gasteiger partial charge in [0.15, 0.2) is 0 Å². The molecule has 1 unspecified atom stereocenters. The highest BCUT2D eigenvalue weighted by molar-refractivity contribution is 6.00.